The van der Waals surface area contributed by atoms with Crippen LogP contribution in [0.25, 0.3) is 0 Å². The molecule has 0 saturated carbocycles. The second kappa shape index (κ2) is 6.61. The van der Waals surface area contributed by atoms with Gasteiger partial charge in [-0.05, 0) is 13.8 Å². The van der Waals surface area contributed by atoms with Crippen LogP contribution < -0.4 is 10.6 Å². The number of hydrogen-bond donors (Lipinski definition) is 3. The van der Waals surface area contributed by atoms with Crippen LogP contribution in [0.15, 0.2) is 28.7 Å². The zero-order valence-electron chi connectivity index (χ0n) is 12.7. The van der Waals surface area contributed by atoms with Gasteiger partial charge in [0.15, 0.2) is 17.4 Å². The minimum Gasteiger partial charge on any atom is -0.482 e. The van der Waals surface area contributed by atoms with E-state index in [1.165, 1.54) is 12.3 Å². The summed E-state index contributed by atoms with van der Waals surface area (Å²) in [6.07, 6.45) is 2.49. The van der Waals surface area contributed by atoms with E-state index in [4.69, 9.17) is 4.74 Å². The maximum atomic E-state index is 12.1. The normalized spacial score (nSPS) is 17.7. The van der Waals surface area contributed by atoms with E-state index in [0.29, 0.717) is 0 Å². The van der Waals surface area contributed by atoms with Crippen molar-refractivity contribution in [3.63, 3.8) is 0 Å². The first-order chi connectivity index (χ1) is 10.8. The molecule has 2 amide bonds. The summed E-state index contributed by atoms with van der Waals surface area (Å²) >= 11 is 0. The summed E-state index contributed by atoms with van der Waals surface area (Å²) in [4.78, 5) is 35.7. The van der Waals surface area contributed by atoms with Crippen molar-refractivity contribution in [3.05, 3.63) is 24.2 Å². The van der Waals surface area contributed by atoms with E-state index in [2.05, 4.69) is 20.3 Å². The van der Waals surface area contributed by atoms with Gasteiger partial charge in [-0.3, -0.25) is 14.4 Å². The number of rotatable bonds is 5. The summed E-state index contributed by atoms with van der Waals surface area (Å²) in [5.41, 5.74) is -0.809. The van der Waals surface area contributed by atoms with Gasteiger partial charge >= 0.3 is 0 Å². The number of allylic oxidation sites excluding steroid dienone is 1. The number of ketones is 1. The lowest BCUT2D eigenvalue weighted by Crippen LogP contribution is -2.48. The summed E-state index contributed by atoms with van der Waals surface area (Å²) in [5, 5.41) is 17.4. The van der Waals surface area contributed by atoms with Crippen LogP contribution in [0.1, 0.15) is 20.3 Å². The second-order valence-corrected chi connectivity index (χ2v) is 5.60. The number of ether oxygens (including phenoxy) is 1. The van der Waals surface area contributed by atoms with Gasteiger partial charge in [-0.25, -0.2) is 0 Å². The van der Waals surface area contributed by atoms with Gasteiger partial charge < -0.3 is 25.0 Å². The van der Waals surface area contributed by atoms with Gasteiger partial charge in [-0.1, -0.05) is 5.16 Å². The molecule has 23 heavy (non-hydrogen) atoms. The number of aliphatic hydroxyl groups excluding tert-OH is 1. The molecule has 9 nitrogen and oxygen atoms in total. The quantitative estimate of drug-likeness (QED) is 0.680. The number of amides is 2. The van der Waals surface area contributed by atoms with Crippen LogP contribution in [-0.4, -0.2) is 46.1 Å². The number of carbonyl (C=O) groups excluding carboxylic acids is 3. The summed E-state index contributed by atoms with van der Waals surface area (Å²) < 4.78 is 9.98. The lowest BCUT2D eigenvalue weighted by atomic mass is 9.98. The highest BCUT2D eigenvalue weighted by molar-refractivity contribution is 6.04. The van der Waals surface area contributed by atoms with Crippen LogP contribution in [0.2, 0.25) is 0 Å². The molecular weight excluding hydrogens is 306 g/mol. The minimum absolute atomic E-state index is 0.146. The van der Waals surface area contributed by atoms with Crippen molar-refractivity contribution in [2.75, 3.05) is 11.9 Å². The van der Waals surface area contributed by atoms with Gasteiger partial charge in [-0.15, -0.1) is 0 Å². The monoisotopic (exact) mass is 323 g/mol. The number of anilines is 1. The van der Waals surface area contributed by atoms with E-state index in [1.54, 1.807) is 13.8 Å². The lowest BCUT2D eigenvalue weighted by Gasteiger charge is -2.30. The highest BCUT2D eigenvalue weighted by Gasteiger charge is 2.33. The maximum absolute atomic E-state index is 12.1. The van der Waals surface area contributed by atoms with Crippen molar-refractivity contribution in [2.24, 2.45) is 0 Å². The molecule has 9 heteroatoms. The Morgan fingerprint density at radius 2 is 2.22 bits per heavy atom. The van der Waals surface area contributed by atoms with Gasteiger partial charge in [0, 0.05) is 18.6 Å². The predicted octanol–water partition coefficient (Wildman–Crippen LogP) is -0.258. The molecule has 0 radical (unpaired) electrons. The van der Waals surface area contributed by atoms with Crippen molar-refractivity contribution < 1.29 is 28.8 Å². The fourth-order valence-electron chi connectivity index (χ4n) is 2.01. The number of aliphatic hydroxyl groups is 1. The molecule has 0 saturated heterocycles. The molecule has 0 spiro atoms. The van der Waals surface area contributed by atoms with E-state index in [0.717, 1.165) is 6.08 Å². The average Bonchev–Trinajstić information content (AvgIpc) is 2.94. The largest absolute Gasteiger partial charge is 0.482 e. The summed E-state index contributed by atoms with van der Waals surface area (Å²) in [6.45, 7) is 2.71. The SMILES string of the molecule is CC1(C)CC(=O)C=C(C(=O)NC(CO)C(=O)Nc2ccon2)O1. The standard InChI is InChI=1S/C14H17N3O6/c1-14(2)6-8(19)5-10(23-14)13(21)15-9(7-18)12(20)16-11-3-4-22-17-11/h3-5,9,18H,6-7H2,1-2H3,(H,15,21)(H,16,17,20). The third kappa shape index (κ3) is 4.39. The van der Waals surface area contributed by atoms with Crippen LogP contribution in [-0.2, 0) is 19.1 Å². The molecule has 124 valence electrons. The van der Waals surface area contributed by atoms with E-state index >= 15 is 0 Å². The van der Waals surface area contributed by atoms with Gasteiger partial charge in [0.25, 0.3) is 11.8 Å². The fourth-order valence-corrected chi connectivity index (χ4v) is 2.01. The molecule has 1 aliphatic rings. The minimum atomic E-state index is -1.23. The van der Waals surface area contributed by atoms with Crippen molar-refractivity contribution in [3.8, 4) is 0 Å². The van der Waals surface area contributed by atoms with Crippen molar-refractivity contribution >= 4 is 23.4 Å². The molecule has 1 aromatic heterocycles. The molecule has 0 aromatic carbocycles. The predicted molar refractivity (Wildman–Crippen MR) is 77.0 cm³/mol. The Bertz CT molecular complexity index is 635. The first-order valence-electron chi connectivity index (χ1n) is 6.87. The first kappa shape index (κ1) is 16.7. The Morgan fingerprint density at radius 1 is 1.48 bits per heavy atom. The lowest BCUT2D eigenvalue weighted by molar-refractivity contribution is -0.133. The van der Waals surface area contributed by atoms with Crippen LogP contribution in [0.5, 0.6) is 0 Å². The Labute approximate surface area is 131 Å². The summed E-state index contributed by atoms with van der Waals surface area (Å²) in [6, 6.07) is 0.172. The second-order valence-electron chi connectivity index (χ2n) is 5.60. The van der Waals surface area contributed by atoms with Gasteiger partial charge in [0.1, 0.15) is 17.9 Å². The molecule has 1 unspecified atom stereocenters. The number of aromatic nitrogens is 1. The fraction of sp³-hybridized carbons (Fsp3) is 0.429. The molecule has 1 atom stereocenters. The van der Waals surface area contributed by atoms with Crippen LogP contribution >= 0.6 is 0 Å². The molecular formula is C14H17N3O6. The number of hydrogen-bond acceptors (Lipinski definition) is 7. The third-order valence-electron chi connectivity index (χ3n) is 3.00. The Hall–Kier alpha value is -2.68. The summed E-state index contributed by atoms with van der Waals surface area (Å²) in [5.74, 6) is -1.75. The molecule has 1 aliphatic heterocycles. The van der Waals surface area contributed by atoms with Crippen LogP contribution in [0.4, 0.5) is 5.82 Å². The zero-order valence-corrected chi connectivity index (χ0v) is 12.7. The number of carbonyl (C=O) groups is 3. The number of nitrogens with zero attached hydrogens (tertiary/aromatic N) is 1. The molecule has 0 bridgehead atoms. The van der Waals surface area contributed by atoms with E-state index in [1.807, 2.05) is 0 Å². The molecule has 2 heterocycles. The third-order valence-corrected chi connectivity index (χ3v) is 3.00. The average molecular weight is 323 g/mol. The first-order valence-corrected chi connectivity index (χ1v) is 6.87. The molecule has 2 rings (SSSR count). The molecule has 0 fully saturated rings. The smallest absolute Gasteiger partial charge is 0.287 e. The molecule has 1 aromatic rings. The van der Waals surface area contributed by atoms with Gasteiger partial charge in [-0.2, -0.15) is 0 Å². The molecule has 3 N–H and O–H groups in total. The Morgan fingerprint density at radius 3 is 2.78 bits per heavy atom. The van der Waals surface area contributed by atoms with Crippen LogP contribution in [0, 0.1) is 0 Å². The van der Waals surface area contributed by atoms with Crippen molar-refractivity contribution in [1.29, 1.82) is 0 Å². The van der Waals surface area contributed by atoms with Gasteiger partial charge in [0.05, 0.1) is 6.61 Å². The van der Waals surface area contributed by atoms with E-state index in [9.17, 15) is 19.5 Å². The van der Waals surface area contributed by atoms with E-state index < -0.39 is 30.1 Å². The van der Waals surface area contributed by atoms with Crippen LogP contribution in [0.3, 0.4) is 0 Å². The number of nitrogens with one attached hydrogen (secondary N) is 2. The molecule has 0 aliphatic carbocycles. The highest BCUT2D eigenvalue weighted by atomic mass is 16.5. The Kier molecular flexibility index (Phi) is 4.80. The highest BCUT2D eigenvalue weighted by Crippen LogP contribution is 2.24. The van der Waals surface area contributed by atoms with Gasteiger partial charge in [0.2, 0.25) is 0 Å². The Balaban J connectivity index is 2.02. The summed E-state index contributed by atoms with van der Waals surface area (Å²) in [7, 11) is 0. The van der Waals surface area contributed by atoms with Crippen molar-refractivity contribution in [1.82, 2.24) is 10.5 Å². The van der Waals surface area contributed by atoms with E-state index in [-0.39, 0.29) is 23.8 Å². The topological polar surface area (TPSA) is 131 Å². The maximum Gasteiger partial charge on any atom is 0.287 e. The zero-order chi connectivity index (χ0) is 17.0. The van der Waals surface area contributed by atoms with Crippen molar-refractivity contribution in [2.45, 2.75) is 31.9 Å².